The normalized spacial score (nSPS) is 14.2. The Morgan fingerprint density at radius 3 is 2.15 bits per heavy atom. The van der Waals surface area contributed by atoms with Gasteiger partial charge in [0, 0.05) is 26.0 Å². The Morgan fingerprint density at radius 2 is 1.85 bits per heavy atom. The van der Waals surface area contributed by atoms with Crippen LogP contribution in [0.15, 0.2) is 12.4 Å². The Morgan fingerprint density at radius 1 is 1.31 bits per heavy atom. The second-order valence-electron chi connectivity index (χ2n) is 2.86. The predicted octanol–water partition coefficient (Wildman–Crippen LogP) is -0.979. The Labute approximate surface area is 79.1 Å². The van der Waals surface area contributed by atoms with Gasteiger partial charge in [-0.2, -0.15) is 0 Å². The van der Waals surface area contributed by atoms with E-state index >= 15 is 0 Å². The van der Waals surface area contributed by atoms with Crippen molar-refractivity contribution in [2.24, 2.45) is 0 Å². The average molecular weight is 188 g/mol. The summed E-state index contributed by atoms with van der Waals surface area (Å²) in [6.07, 6.45) is 5.48. The highest BCUT2D eigenvalue weighted by Gasteiger charge is 2.04. The maximum absolute atomic E-state index is 7.17. The van der Waals surface area contributed by atoms with Crippen LogP contribution < -0.4 is 0 Å². The zero-order chi connectivity index (χ0) is 10.3. The molecule has 0 bridgehead atoms. The predicted molar refractivity (Wildman–Crippen MR) is 51.2 cm³/mol. The molecule has 1 heterocycles. The molecule has 0 fully saturated rings. The molecule has 1 rings (SSSR count). The van der Waals surface area contributed by atoms with E-state index in [1.165, 1.54) is 13.0 Å². The summed E-state index contributed by atoms with van der Waals surface area (Å²) in [5.74, 6) is 0. The molecule has 0 aromatic rings. The minimum Gasteiger partial charge on any atom is -0.402 e. The molecule has 1 aliphatic rings. The Balaban J connectivity index is 0.000000310. The van der Waals surface area contributed by atoms with Crippen molar-refractivity contribution in [1.29, 1.82) is 0 Å². The van der Waals surface area contributed by atoms with Crippen molar-refractivity contribution in [1.82, 2.24) is 9.80 Å². The summed E-state index contributed by atoms with van der Waals surface area (Å²) >= 11 is 0. The van der Waals surface area contributed by atoms with Crippen molar-refractivity contribution in [3.05, 3.63) is 12.4 Å². The molecule has 13 heavy (non-hydrogen) atoms. The Hall–Kier alpha value is -0.715. The van der Waals surface area contributed by atoms with Gasteiger partial charge in [0.2, 0.25) is 0 Å². The first kappa shape index (κ1) is 12.3. The molecule has 1 aliphatic heterocycles. The smallest absolute Gasteiger partial charge is 0.402 e. The molecule has 0 spiro atoms. The number of nitrogens with zero attached hydrogens (tertiary/aromatic N) is 2. The SMILES string of the molecule is CCCN1C=CN(C)C1.OB(O)O. The fourth-order valence-electron chi connectivity index (χ4n) is 1.02. The van der Waals surface area contributed by atoms with Gasteiger partial charge in [-0.15, -0.1) is 0 Å². The van der Waals surface area contributed by atoms with Crippen LogP contribution in [0.2, 0.25) is 0 Å². The lowest BCUT2D eigenvalue weighted by Gasteiger charge is -2.16. The number of hydrogen-bond donors (Lipinski definition) is 3. The van der Waals surface area contributed by atoms with Crippen LogP contribution in [0.25, 0.3) is 0 Å². The van der Waals surface area contributed by atoms with E-state index in [1.807, 2.05) is 0 Å². The molecule has 0 aromatic heterocycles. The third-order valence-corrected chi connectivity index (χ3v) is 1.45. The van der Waals surface area contributed by atoms with Gasteiger partial charge in [0.1, 0.15) is 0 Å². The van der Waals surface area contributed by atoms with E-state index in [0.29, 0.717) is 0 Å². The average Bonchev–Trinajstić information content (AvgIpc) is 2.35. The highest BCUT2D eigenvalue weighted by molar-refractivity contribution is 6.30. The fourth-order valence-corrected chi connectivity index (χ4v) is 1.02. The van der Waals surface area contributed by atoms with E-state index < -0.39 is 7.32 Å². The van der Waals surface area contributed by atoms with Gasteiger partial charge in [0.15, 0.2) is 0 Å². The van der Waals surface area contributed by atoms with Crippen LogP contribution in [-0.4, -0.2) is 52.5 Å². The zero-order valence-corrected chi connectivity index (χ0v) is 8.09. The summed E-state index contributed by atoms with van der Waals surface area (Å²) in [7, 11) is -0.0772. The second kappa shape index (κ2) is 6.76. The number of rotatable bonds is 2. The fraction of sp³-hybridized carbons (Fsp3) is 0.714. The summed E-state index contributed by atoms with van der Waals surface area (Å²) < 4.78 is 0. The summed E-state index contributed by atoms with van der Waals surface area (Å²) in [5.41, 5.74) is 0. The van der Waals surface area contributed by atoms with Crippen LogP contribution in [0.5, 0.6) is 0 Å². The first-order chi connectivity index (χ1) is 6.06. The van der Waals surface area contributed by atoms with Gasteiger partial charge >= 0.3 is 7.32 Å². The summed E-state index contributed by atoms with van der Waals surface area (Å²) in [4.78, 5) is 4.48. The Kier molecular flexibility index (Phi) is 6.39. The third kappa shape index (κ3) is 7.64. The second-order valence-corrected chi connectivity index (χ2v) is 2.86. The lowest BCUT2D eigenvalue weighted by Crippen LogP contribution is -2.22. The highest BCUT2D eigenvalue weighted by atomic mass is 16.5. The third-order valence-electron chi connectivity index (χ3n) is 1.45. The van der Waals surface area contributed by atoms with Crippen molar-refractivity contribution in [2.75, 3.05) is 20.3 Å². The van der Waals surface area contributed by atoms with Gasteiger partial charge < -0.3 is 24.9 Å². The molecule has 6 heteroatoms. The van der Waals surface area contributed by atoms with E-state index in [-0.39, 0.29) is 0 Å². The summed E-state index contributed by atoms with van der Waals surface area (Å²) in [6, 6.07) is 0. The largest absolute Gasteiger partial charge is 0.631 e. The molecular formula is C7H17BN2O3. The first-order valence-electron chi connectivity index (χ1n) is 4.23. The monoisotopic (exact) mass is 188 g/mol. The molecule has 76 valence electrons. The maximum Gasteiger partial charge on any atom is 0.631 e. The van der Waals surface area contributed by atoms with Crippen LogP contribution in [-0.2, 0) is 0 Å². The van der Waals surface area contributed by atoms with Gasteiger partial charge in [0.05, 0.1) is 6.67 Å². The highest BCUT2D eigenvalue weighted by Crippen LogP contribution is 2.02. The van der Waals surface area contributed by atoms with E-state index in [0.717, 1.165) is 6.67 Å². The van der Waals surface area contributed by atoms with E-state index in [1.54, 1.807) is 0 Å². The van der Waals surface area contributed by atoms with Gasteiger partial charge in [-0.3, -0.25) is 0 Å². The van der Waals surface area contributed by atoms with Crippen LogP contribution in [0, 0.1) is 0 Å². The van der Waals surface area contributed by atoms with Crippen LogP contribution in [0.1, 0.15) is 13.3 Å². The molecule has 0 saturated heterocycles. The quantitative estimate of drug-likeness (QED) is 0.486. The first-order valence-corrected chi connectivity index (χ1v) is 4.23. The molecule has 0 atom stereocenters. The van der Waals surface area contributed by atoms with E-state index in [2.05, 4.69) is 36.2 Å². The topological polar surface area (TPSA) is 67.2 Å². The molecule has 0 radical (unpaired) electrons. The van der Waals surface area contributed by atoms with Crippen molar-refractivity contribution in [3.8, 4) is 0 Å². The van der Waals surface area contributed by atoms with Gasteiger partial charge in [-0.25, -0.2) is 0 Å². The molecule has 0 unspecified atom stereocenters. The van der Waals surface area contributed by atoms with Crippen molar-refractivity contribution < 1.29 is 15.1 Å². The van der Waals surface area contributed by atoms with Gasteiger partial charge in [0.25, 0.3) is 0 Å². The zero-order valence-electron chi connectivity index (χ0n) is 8.09. The molecule has 3 N–H and O–H groups in total. The standard InChI is InChI=1S/C7H14N2.BH3O3/c1-3-4-9-6-5-8(2)7-9;2-1(3)4/h5-6H,3-4,7H2,1-2H3;2-4H. The molecule has 0 amide bonds. The molecular weight excluding hydrogens is 171 g/mol. The van der Waals surface area contributed by atoms with E-state index in [4.69, 9.17) is 15.1 Å². The number of hydrogen-bond acceptors (Lipinski definition) is 5. The molecule has 0 aliphatic carbocycles. The van der Waals surface area contributed by atoms with Crippen molar-refractivity contribution >= 4 is 7.32 Å². The van der Waals surface area contributed by atoms with E-state index in [9.17, 15) is 0 Å². The van der Waals surface area contributed by atoms with Crippen molar-refractivity contribution in [3.63, 3.8) is 0 Å². The van der Waals surface area contributed by atoms with Crippen LogP contribution >= 0.6 is 0 Å². The van der Waals surface area contributed by atoms with Crippen molar-refractivity contribution in [2.45, 2.75) is 13.3 Å². The van der Waals surface area contributed by atoms with Crippen LogP contribution in [0.3, 0.4) is 0 Å². The van der Waals surface area contributed by atoms with Crippen LogP contribution in [0.4, 0.5) is 0 Å². The minimum atomic E-state index is -2.17. The molecule has 0 aromatic carbocycles. The maximum atomic E-state index is 7.17. The molecule has 5 nitrogen and oxygen atoms in total. The summed E-state index contributed by atoms with van der Waals surface area (Å²) in [6.45, 7) is 4.45. The Bertz CT molecular complexity index is 152. The van der Waals surface area contributed by atoms with Gasteiger partial charge in [-0.05, 0) is 6.42 Å². The van der Waals surface area contributed by atoms with Gasteiger partial charge in [-0.1, -0.05) is 6.92 Å². The lowest BCUT2D eigenvalue weighted by molar-refractivity contribution is 0.278. The summed E-state index contributed by atoms with van der Waals surface area (Å²) in [5, 5.41) is 21.5. The molecule has 0 saturated carbocycles. The minimum absolute atomic E-state index is 1.06. The lowest BCUT2D eigenvalue weighted by atomic mass is 10.3.